The molecule has 0 saturated heterocycles. The van der Waals surface area contributed by atoms with Crippen molar-refractivity contribution in [3.8, 4) is 0 Å². The van der Waals surface area contributed by atoms with E-state index >= 15 is 0 Å². The van der Waals surface area contributed by atoms with Gasteiger partial charge < -0.3 is 5.32 Å². The van der Waals surface area contributed by atoms with E-state index in [4.69, 9.17) is 11.6 Å². The van der Waals surface area contributed by atoms with Crippen molar-refractivity contribution in [2.75, 3.05) is 6.54 Å². The first kappa shape index (κ1) is 12.5. The minimum Gasteiger partial charge on any atom is -0.350 e. The molecule has 0 aliphatic carbocycles. The quantitative estimate of drug-likeness (QED) is 0.812. The van der Waals surface area contributed by atoms with Crippen LogP contribution in [-0.4, -0.2) is 22.8 Å². The molecule has 3 nitrogen and oxygen atoms in total. The van der Waals surface area contributed by atoms with Crippen LogP contribution in [0.15, 0.2) is 11.7 Å². The molecular formula is C10H15ClN2OS. The largest absolute Gasteiger partial charge is 0.350 e. The Hall–Kier alpha value is -0.610. The highest BCUT2D eigenvalue weighted by molar-refractivity contribution is 7.11. The number of amides is 1. The first-order valence-corrected chi connectivity index (χ1v) is 6.22. The molecule has 1 aromatic heterocycles. The van der Waals surface area contributed by atoms with Gasteiger partial charge in [-0.1, -0.05) is 13.8 Å². The summed E-state index contributed by atoms with van der Waals surface area (Å²) in [5.74, 6) is 0.458. The summed E-state index contributed by atoms with van der Waals surface area (Å²) in [5, 5.41) is 2.79. The van der Waals surface area contributed by atoms with Gasteiger partial charge >= 0.3 is 0 Å². The van der Waals surface area contributed by atoms with Crippen LogP contribution in [0.25, 0.3) is 0 Å². The van der Waals surface area contributed by atoms with Crippen LogP contribution in [0.1, 0.15) is 29.9 Å². The molecule has 1 rings (SSSR count). The first-order chi connectivity index (χ1) is 7.09. The van der Waals surface area contributed by atoms with Crippen LogP contribution < -0.4 is 5.32 Å². The van der Waals surface area contributed by atoms with Gasteiger partial charge in [0.25, 0.3) is 5.91 Å². The Kier molecular flexibility index (Phi) is 5.05. The SMILES string of the molecule is CC(C)CC(Cl)CNC(=O)c1cncs1. The maximum absolute atomic E-state index is 11.5. The van der Waals surface area contributed by atoms with Gasteiger partial charge in [0.2, 0.25) is 0 Å². The van der Waals surface area contributed by atoms with Gasteiger partial charge in [-0.3, -0.25) is 9.78 Å². The number of alkyl halides is 1. The molecule has 0 radical (unpaired) electrons. The molecule has 15 heavy (non-hydrogen) atoms. The normalized spacial score (nSPS) is 12.8. The molecule has 84 valence electrons. The standard InChI is InChI=1S/C10H15ClN2OS/c1-7(2)3-8(11)4-13-10(14)9-5-12-6-15-9/h5-8H,3-4H2,1-2H3,(H,13,14). The van der Waals surface area contributed by atoms with Crippen molar-refractivity contribution in [2.24, 2.45) is 5.92 Å². The van der Waals surface area contributed by atoms with Crippen LogP contribution in [0.2, 0.25) is 0 Å². The lowest BCUT2D eigenvalue weighted by atomic mass is 10.1. The fraction of sp³-hybridized carbons (Fsp3) is 0.600. The van der Waals surface area contributed by atoms with Crippen molar-refractivity contribution < 1.29 is 4.79 Å². The van der Waals surface area contributed by atoms with Crippen LogP contribution in [0.4, 0.5) is 0 Å². The van der Waals surface area contributed by atoms with Crippen molar-refractivity contribution in [1.82, 2.24) is 10.3 Å². The molecule has 0 aliphatic heterocycles. The third kappa shape index (κ3) is 4.62. The van der Waals surface area contributed by atoms with Gasteiger partial charge in [-0.15, -0.1) is 22.9 Å². The summed E-state index contributed by atoms with van der Waals surface area (Å²) >= 11 is 7.38. The summed E-state index contributed by atoms with van der Waals surface area (Å²) in [4.78, 5) is 16.0. The Balaban J connectivity index is 2.28. The molecule has 0 fully saturated rings. The second-order valence-electron chi connectivity index (χ2n) is 3.80. The third-order valence-electron chi connectivity index (χ3n) is 1.87. The van der Waals surface area contributed by atoms with Crippen molar-refractivity contribution in [3.63, 3.8) is 0 Å². The van der Waals surface area contributed by atoms with E-state index in [1.165, 1.54) is 11.3 Å². The molecule has 0 saturated carbocycles. The number of carbonyl (C=O) groups excluding carboxylic acids is 1. The minimum absolute atomic E-state index is 0.00173. The van der Waals surface area contributed by atoms with Gasteiger partial charge in [-0.25, -0.2) is 0 Å². The highest BCUT2D eigenvalue weighted by Gasteiger charge is 2.11. The summed E-state index contributed by atoms with van der Waals surface area (Å²) in [5.41, 5.74) is 1.64. The number of rotatable bonds is 5. The molecule has 1 amide bonds. The van der Waals surface area contributed by atoms with E-state index in [0.717, 1.165) is 6.42 Å². The average molecular weight is 247 g/mol. The van der Waals surface area contributed by atoms with Crippen molar-refractivity contribution in [1.29, 1.82) is 0 Å². The molecule has 0 aliphatic rings. The van der Waals surface area contributed by atoms with Gasteiger partial charge in [0.05, 0.1) is 17.1 Å². The summed E-state index contributed by atoms with van der Waals surface area (Å²) in [7, 11) is 0. The lowest BCUT2D eigenvalue weighted by Crippen LogP contribution is -2.29. The lowest BCUT2D eigenvalue weighted by molar-refractivity contribution is 0.0956. The fourth-order valence-corrected chi connectivity index (χ4v) is 2.18. The number of aromatic nitrogens is 1. The summed E-state index contributed by atoms with van der Waals surface area (Å²) in [6.45, 7) is 4.73. The zero-order chi connectivity index (χ0) is 11.3. The smallest absolute Gasteiger partial charge is 0.263 e. The Bertz CT molecular complexity index is 300. The Morgan fingerprint density at radius 2 is 2.40 bits per heavy atom. The fourth-order valence-electron chi connectivity index (χ4n) is 1.21. The Morgan fingerprint density at radius 3 is 2.93 bits per heavy atom. The van der Waals surface area contributed by atoms with E-state index in [0.29, 0.717) is 17.3 Å². The third-order valence-corrected chi connectivity index (χ3v) is 2.97. The molecular weight excluding hydrogens is 232 g/mol. The molecule has 0 aromatic carbocycles. The van der Waals surface area contributed by atoms with Crippen LogP contribution >= 0.6 is 22.9 Å². The van der Waals surface area contributed by atoms with Crippen molar-refractivity contribution >= 4 is 28.8 Å². The van der Waals surface area contributed by atoms with Crippen LogP contribution in [0.5, 0.6) is 0 Å². The second kappa shape index (κ2) is 6.08. The van der Waals surface area contributed by atoms with E-state index in [9.17, 15) is 4.79 Å². The maximum atomic E-state index is 11.5. The van der Waals surface area contributed by atoms with Gasteiger partial charge in [-0.2, -0.15) is 0 Å². The van der Waals surface area contributed by atoms with Gasteiger partial charge in [0.15, 0.2) is 0 Å². The molecule has 5 heteroatoms. The van der Waals surface area contributed by atoms with Crippen molar-refractivity contribution in [2.45, 2.75) is 25.6 Å². The number of hydrogen-bond acceptors (Lipinski definition) is 3. The molecule has 0 bridgehead atoms. The zero-order valence-electron chi connectivity index (χ0n) is 8.87. The number of nitrogens with zero attached hydrogens (tertiary/aromatic N) is 1. The zero-order valence-corrected chi connectivity index (χ0v) is 10.4. The van der Waals surface area contributed by atoms with Gasteiger partial charge in [-0.05, 0) is 12.3 Å². The first-order valence-electron chi connectivity index (χ1n) is 4.90. The van der Waals surface area contributed by atoms with E-state index < -0.39 is 0 Å². The van der Waals surface area contributed by atoms with E-state index in [1.807, 2.05) is 0 Å². The predicted octanol–water partition coefficient (Wildman–Crippen LogP) is 2.53. The topological polar surface area (TPSA) is 42.0 Å². The monoisotopic (exact) mass is 246 g/mol. The lowest BCUT2D eigenvalue weighted by Gasteiger charge is -2.12. The maximum Gasteiger partial charge on any atom is 0.263 e. The Morgan fingerprint density at radius 1 is 1.67 bits per heavy atom. The van der Waals surface area contributed by atoms with Gasteiger partial charge in [0.1, 0.15) is 4.88 Å². The summed E-state index contributed by atoms with van der Waals surface area (Å²) in [6, 6.07) is 0. The molecule has 1 aromatic rings. The van der Waals surface area contributed by atoms with E-state index in [1.54, 1.807) is 11.7 Å². The summed E-state index contributed by atoms with van der Waals surface area (Å²) in [6.07, 6.45) is 2.47. The number of thiazole rings is 1. The highest BCUT2D eigenvalue weighted by atomic mass is 35.5. The van der Waals surface area contributed by atoms with E-state index in [2.05, 4.69) is 24.1 Å². The average Bonchev–Trinajstić information content (AvgIpc) is 2.65. The number of hydrogen-bond donors (Lipinski definition) is 1. The molecule has 1 N–H and O–H groups in total. The van der Waals surface area contributed by atoms with Gasteiger partial charge in [0, 0.05) is 6.54 Å². The number of halogens is 1. The van der Waals surface area contributed by atoms with Crippen LogP contribution in [0.3, 0.4) is 0 Å². The molecule has 0 spiro atoms. The summed E-state index contributed by atoms with van der Waals surface area (Å²) < 4.78 is 0. The predicted molar refractivity (Wildman–Crippen MR) is 63.5 cm³/mol. The second-order valence-corrected chi connectivity index (χ2v) is 5.31. The van der Waals surface area contributed by atoms with Crippen LogP contribution in [-0.2, 0) is 0 Å². The molecule has 1 atom stereocenters. The highest BCUT2D eigenvalue weighted by Crippen LogP contribution is 2.10. The number of carbonyl (C=O) groups is 1. The molecule has 1 unspecified atom stereocenters. The number of nitrogens with one attached hydrogen (secondary N) is 1. The molecule has 1 heterocycles. The Labute approximate surface area is 98.9 Å². The van der Waals surface area contributed by atoms with E-state index in [-0.39, 0.29) is 11.3 Å². The van der Waals surface area contributed by atoms with Crippen molar-refractivity contribution in [3.05, 3.63) is 16.6 Å². The minimum atomic E-state index is -0.0908. The van der Waals surface area contributed by atoms with Crippen LogP contribution in [0, 0.1) is 5.92 Å².